The third kappa shape index (κ3) is 3.91. The number of ketones is 1. The number of likely N-dealkylation sites (tertiary alicyclic amines) is 1. The second-order valence-corrected chi connectivity index (χ2v) is 8.08. The van der Waals surface area contributed by atoms with Crippen LogP contribution in [0.4, 0.5) is 8.78 Å². The number of aliphatic hydroxyl groups is 1. The van der Waals surface area contributed by atoms with Crippen molar-refractivity contribution in [1.82, 2.24) is 9.88 Å². The van der Waals surface area contributed by atoms with Gasteiger partial charge in [-0.1, -0.05) is 6.07 Å². The first kappa shape index (κ1) is 19.0. The van der Waals surface area contributed by atoms with Crippen molar-refractivity contribution >= 4 is 5.78 Å². The highest BCUT2D eigenvalue weighted by Crippen LogP contribution is 2.45. The van der Waals surface area contributed by atoms with E-state index in [2.05, 4.69) is 9.88 Å². The van der Waals surface area contributed by atoms with E-state index in [4.69, 9.17) is 0 Å². The van der Waals surface area contributed by atoms with Crippen molar-refractivity contribution in [2.24, 2.45) is 11.8 Å². The highest BCUT2D eigenvalue weighted by molar-refractivity contribution is 5.95. The molecule has 1 saturated carbocycles. The predicted molar refractivity (Wildman–Crippen MR) is 97.9 cm³/mol. The predicted octanol–water partition coefficient (Wildman–Crippen LogP) is 2.56. The summed E-state index contributed by atoms with van der Waals surface area (Å²) >= 11 is 0. The zero-order valence-electron chi connectivity index (χ0n) is 15.3. The molecule has 2 heterocycles. The van der Waals surface area contributed by atoms with E-state index in [-0.39, 0.29) is 36.3 Å². The average molecular weight is 388 g/mol. The fraction of sp³-hybridized carbons (Fsp3) is 0.429. The molecule has 1 aliphatic carbocycles. The van der Waals surface area contributed by atoms with Gasteiger partial charge in [0.15, 0.2) is 5.78 Å². The van der Waals surface area contributed by atoms with Gasteiger partial charge in [-0.2, -0.15) is 0 Å². The molecular formula is C21H22F2N2O3. The SMILES string of the molecule is O=C(CN1CC2CC(O)(Cc3ccc(F)cc3F)CC2C1)c1ccc(O)cn1. The van der Waals surface area contributed by atoms with Crippen LogP contribution in [-0.2, 0) is 6.42 Å². The standard InChI is InChI=1S/C21H22F2N2O3/c22-16-2-1-13(18(23)5-16)6-21(28)7-14-10-25(11-15(14)8-21)12-20(27)19-4-3-17(26)9-24-19/h1-5,9,14-15,26,28H,6-8,10-12H2. The number of aromatic nitrogens is 1. The van der Waals surface area contributed by atoms with Crippen molar-refractivity contribution in [2.45, 2.75) is 24.9 Å². The van der Waals surface area contributed by atoms with Gasteiger partial charge in [0.1, 0.15) is 23.1 Å². The Balaban J connectivity index is 1.35. The Bertz CT molecular complexity index is 874. The first-order valence-corrected chi connectivity index (χ1v) is 9.38. The van der Waals surface area contributed by atoms with Gasteiger partial charge in [0, 0.05) is 25.6 Å². The lowest BCUT2D eigenvalue weighted by molar-refractivity contribution is 0.0347. The number of pyridine rings is 1. The Hall–Kier alpha value is -2.38. The molecule has 1 aliphatic heterocycles. The van der Waals surface area contributed by atoms with Crippen LogP contribution in [0.2, 0.25) is 0 Å². The van der Waals surface area contributed by atoms with E-state index < -0.39 is 17.2 Å². The number of aromatic hydroxyl groups is 1. The van der Waals surface area contributed by atoms with Crippen LogP contribution in [-0.4, -0.2) is 51.1 Å². The molecule has 1 saturated heterocycles. The van der Waals surface area contributed by atoms with Crippen LogP contribution in [0.1, 0.15) is 28.9 Å². The van der Waals surface area contributed by atoms with Crippen LogP contribution < -0.4 is 0 Å². The number of hydrogen-bond acceptors (Lipinski definition) is 5. The van der Waals surface area contributed by atoms with E-state index in [0.717, 1.165) is 6.07 Å². The fourth-order valence-corrected chi connectivity index (χ4v) is 4.69. The lowest BCUT2D eigenvalue weighted by Crippen LogP contribution is -2.34. The second-order valence-electron chi connectivity index (χ2n) is 8.08. The molecule has 7 heteroatoms. The summed E-state index contributed by atoms with van der Waals surface area (Å²) in [4.78, 5) is 18.4. The summed E-state index contributed by atoms with van der Waals surface area (Å²) in [7, 11) is 0. The topological polar surface area (TPSA) is 73.7 Å². The molecule has 0 bridgehead atoms. The van der Waals surface area contributed by atoms with Crippen LogP contribution in [0.15, 0.2) is 36.5 Å². The van der Waals surface area contributed by atoms with Crippen molar-refractivity contribution in [1.29, 1.82) is 0 Å². The number of hydrogen-bond donors (Lipinski definition) is 2. The van der Waals surface area contributed by atoms with E-state index in [1.165, 1.54) is 30.5 Å². The normalized spacial score (nSPS) is 27.1. The Kier molecular flexibility index (Phi) is 4.89. The van der Waals surface area contributed by atoms with Crippen LogP contribution in [0, 0.1) is 23.5 Å². The summed E-state index contributed by atoms with van der Waals surface area (Å²) < 4.78 is 27.0. The van der Waals surface area contributed by atoms with E-state index in [1.807, 2.05) is 0 Å². The number of fused-ring (bicyclic) bond motifs is 1. The molecule has 1 aromatic carbocycles. The van der Waals surface area contributed by atoms with E-state index in [9.17, 15) is 23.8 Å². The Morgan fingerprint density at radius 3 is 2.50 bits per heavy atom. The first-order chi connectivity index (χ1) is 13.3. The van der Waals surface area contributed by atoms with E-state index >= 15 is 0 Å². The molecule has 0 radical (unpaired) electrons. The molecule has 2 fully saturated rings. The van der Waals surface area contributed by atoms with Crippen molar-refractivity contribution < 1.29 is 23.8 Å². The second kappa shape index (κ2) is 7.22. The van der Waals surface area contributed by atoms with Crippen molar-refractivity contribution in [3.8, 4) is 5.75 Å². The lowest BCUT2D eigenvalue weighted by atomic mass is 9.91. The Morgan fingerprint density at radius 1 is 1.18 bits per heavy atom. The first-order valence-electron chi connectivity index (χ1n) is 9.38. The summed E-state index contributed by atoms with van der Waals surface area (Å²) in [6.07, 6.45) is 2.50. The molecule has 0 spiro atoms. The molecule has 28 heavy (non-hydrogen) atoms. The molecule has 4 rings (SSSR count). The number of carbonyl (C=O) groups excluding carboxylic acids is 1. The van der Waals surface area contributed by atoms with Gasteiger partial charge in [0.25, 0.3) is 0 Å². The number of Topliss-reactive ketones (excluding diaryl/α,β-unsaturated/α-hetero) is 1. The van der Waals surface area contributed by atoms with Crippen molar-refractivity contribution in [3.63, 3.8) is 0 Å². The van der Waals surface area contributed by atoms with Gasteiger partial charge < -0.3 is 10.2 Å². The molecule has 5 nitrogen and oxygen atoms in total. The summed E-state index contributed by atoms with van der Waals surface area (Å²) in [6.45, 7) is 1.64. The molecule has 2 N–H and O–H groups in total. The van der Waals surface area contributed by atoms with Crippen LogP contribution >= 0.6 is 0 Å². The largest absolute Gasteiger partial charge is 0.506 e. The van der Waals surface area contributed by atoms with Gasteiger partial charge in [-0.05, 0) is 48.4 Å². The molecule has 0 amide bonds. The smallest absolute Gasteiger partial charge is 0.195 e. The van der Waals surface area contributed by atoms with Crippen LogP contribution in [0.25, 0.3) is 0 Å². The summed E-state index contributed by atoms with van der Waals surface area (Å²) in [5.74, 6) is -0.852. The minimum absolute atomic E-state index is 0.0177. The van der Waals surface area contributed by atoms with Gasteiger partial charge >= 0.3 is 0 Å². The van der Waals surface area contributed by atoms with Gasteiger partial charge in [0.2, 0.25) is 0 Å². The minimum Gasteiger partial charge on any atom is -0.506 e. The monoisotopic (exact) mass is 388 g/mol. The van der Waals surface area contributed by atoms with Gasteiger partial charge in [0.05, 0.1) is 18.3 Å². The third-order valence-corrected chi connectivity index (χ3v) is 5.87. The van der Waals surface area contributed by atoms with Crippen LogP contribution in [0.3, 0.4) is 0 Å². The van der Waals surface area contributed by atoms with Gasteiger partial charge in [-0.15, -0.1) is 0 Å². The number of halogens is 2. The highest BCUT2D eigenvalue weighted by atomic mass is 19.1. The molecule has 2 unspecified atom stereocenters. The Morgan fingerprint density at radius 2 is 1.89 bits per heavy atom. The maximum absolute atomic E-state index is 13.9. The maximum atomic E-state index is 13.9. The van der Waals surface area contributed by atoms with Gasteiger partial charge in [-0.3, -0.25) is 9.69 Å². The number of carbonyl (C=O) groups is 1. The molecule has 2 aromatic rings. The quantitative estimate of drug-likeness (QED) is 0.771. The highest BCUT2D eigenvalue weighted by Gasteiger charge is 2.48. The zero-order chi connectivity index (χ0) is 19.9. The van der Waals surface area contributed by atoms with Crippen molar-refractivity contribution in [3.05, 3.63) is 59.4 Å². The molecule has 148 valence electrons. The maximum Gasteiger partial charge on any atom is 0.195 e. The Labute approximate surface area is 161 Å². The number of nitrogens with zero attached hydrogens (tertiary/aromatic N) is 2. The lowest BCUT2D eigenvalue weighted by Gasteiger charge is -2.26. The van der Waals surface area contributed by atoms with Crippen LogP contribution in [0.5, 0.6) is 5.75 Å². The van der Waals surface area contributed by atoms with Crippen molar-refractivity contribution in [2.75, 3.05) is 19.6 Å². The number of rotatable bonds is 5. The van der Waals surface area contributed by atoms with Gasteiger partial charge in [-0.25, -0.2) is 13.8 Å². The van der Waals surface area contributed by atoms with E-state index in [0.29, 0.717) is 37.2 Å². The third-order valence-electron chi connectivity index (χ3n) is 5.87. The molecular weight excluding hydrogens is 366 g/mol. The molecule has 2 atom stereocenters. The minimum atomic E-state index is -0.997. The summed E-state index contributed by atoms with van der Waals surface area (Å²) in [5.41, 5.74) is -0.352. The average Bonchev–Trinajstić information content (AvgIpc) is 3.12. The summed E-state index contributed by atoms with van der Waals surface area (Å²) in [5, 5.41) is 20.2. The molecule has 1 aromatic heterocycles. The van der Waals surface area contributed by atoms with E-state index in [1.54, 1.807) is 0 Å². The molecule has 2 aliphatic rings. The zero-order valence-corrected chi connectivity index (χ0v) is 15.3. The fourth-order valence-electron chi connectivity index (χ4n) is 4.69. The number of benzene rings is 1. The summed E-state index contributed by atoms with van der Waals surface area (Å²) in [6, 6.07) is 6.39.